The maximum absolute atomic E-state index is 12.3. The molecule has 0 aromatic heterocycles. The number of alkyl halides is 2. The van der Waals surface area contributed by atoms with Gasteiger partial charge in [0.25, 0.3) is 0 Å². The van der Waals surface area contributed by atoms with Crippen LogP contribution in [-0.4, -0.2) is 30.4 Å². The molecule has 3 N–H and O–H groups in total. The number of carbonyl (C=O) groups is 1. The van der Waals surface area contributed by atoms with Gasteiger partial charge in [-0.3, -0.25) is 0 Å². The minimum absolute atomic E-state index is 0.0407. The molecule has 1 aliphatic rings. The highest BCUT2D eigenvalue weighted by Gasteiger charge is 2.19. The van der Waals surface area contributed by atoms with Gasteiger partial charge >= 0.3 is 12.6 Å². The summed E-state index contributed by atoms with van der Waals surface area (Å²) in [5, 5.41) is 14.4. The summed E-state index contributed by atoms with van der Waals surface area (Å²) in [6.07, 6.45) is 4.33. The van der Waals surface area contributed by atoms with Crippen molar-refractivity contribution in [2.45, 2.75) is 25.6 Å². The number of aliphatic hydroxyl groups excluding tert-OH is 1. The highest BCUT2D eigenvalue weighted by Crippen LogP contribution is 2.20. The number of urea groups is 1. The van der Waals surface area contributed by atoms with E-state index in [9.17, 15) is 13.6 Å². The van der Waals surface area contributed by atoms with E-state index in [1.807, 2.05) is 12.2 Å². The summed E-state index contributed by atoms with van der Waals surface area (Å²) in [6.45, 7) is -2.78. The van der Waals surface area contributed by atoms with E-state index in [4.69, 9.17) is 5.11 Å². The molecule has 0 saturated heterocycles. The lowest BCUT2D eigenvalue weighted by molar-refractivity contribution is -0.0504. The number of nitrogens with one attached hydrogen (secondary N) is 2. The number of para-hydroxylation sites is 1. The third-order valence-electron chi connectivity index (χ3n) is 3.35. The van der Waals surface area contributed by atoms with Crippen LogP contribution < -0.4 is 15.4 Å². The first kappa shape index (κ1) is 16.2. The van der Waals surface area contributed by atoms with E-state index in [1.54, 1.807) is 18.2 Å². The van der Waals surface area contributed by atoms with Crippen molar-refractivity contribution in [2.75, 3.05) is 6.61 Å². The average molecular weight is 312 g/mol. The molecule has 2 atom stereocenters. The number of aliphatic hydroxyl groups is 1. The molecule has 22 heavy (non-hydrogen) atoms. The van der Waals surface area contributed by atoms with E-state index < -0.39 is 12.6 Å². The lowest BCUT2D eigenvalue weighted by atomic mass is 10.1. The summed E-state index contributed by atoms with van der Waals surface area (Å²) in [6, 6.07) is 5.75. The Balaban J connectivity index is 1.83. The molecule has 0 heterocycles. The van der Waals surface area contributed by atoms with Crippen molar-refractivity contribution in [3.63, 3.8) is 0 Å². The largest absolute Gasteiger partial charge is 0.434 e. The van der Waals surface area contributed by atoms with Crippen LogP contribution in [0.2, 0.25) is 0 Å². The Morgan fingerprint density at radius 3 is 2.82 bits per heavy atom. The standard InChI is InChI=1S/C15H18F2N2O3/c16-14(17)22-13-4-2-1-3-11(13)8-18-15(21)19-12-6-5-10(7-12)9-20/h1-6,10,12,14,20H,7-9H2,(H2,18,19,21)/t10-,12+/m0/s1. The molecule has 120 valence electrons. The maximum Gasteiger partial charge on any atom is 0.387 e. The van der Waals surface area contributed by atoms with Crippen LogP contribution in [0.5, 0.6) is 5.75 Å². The van der Waals surface area contributed by atoms with Gasteiger partial charge in [0, 0.05) is 30.7 Å². The molecule has 7 heteroatoms. The number of ether oxygens (including phenoxy) is 1. The smallest absolute Gasteiger partial charge is 0.387 e. The van der Waals surface area contributed by atoms with Crippen molar-refractivity contribution in [1.82, 2.24) is 10.6 Å². The van der Waals surface area contributed by atoms with Crippen molar-refractivity contribution < 1.29 is 23.4 Å². The Morgan fingerprint density at radius 1 is 1.36 bits per heavy atom. The molecular weight excluding hydrogens is 294 g/mol. The second kappa shape index (κ2) is 7.74. The first-order chi connectivity index (χ1) is 10.6. The molecule has 0 unspecified atom stereocenters. The number of hydrogen-bond donors (Lipinski definition) is 3. The van der Waals surface area contributed by atoms with Crippen LogP contribution in [0.3, 0.4) is 0 Å². The Kier molecular flexibility index (Phi) is 5.71. The molecule has 1 aromatic carbocycles. The molecule has 1 aromatic rings. The highest BCUT2D eigenvalue weighted by molar-refractivity contribution is 5.74. The van der Waals surface area contributed by atoms with Gasteiger partial charge in [0.1, 0.15) is 5.75 Å². The van der Waals surface area contributed by atoms with Gasteiger partial charge in [-0.15, -0.1) is 0 Å². The zero-order chi connectivity index (χ0) is 15.9. The van der Waals surface area contributed by atoms with E-state index in [0.29, 0.717) is 12.0 Å². The Bertz CT molecular complexity index is 537. The van der Waals surface area contributed by atoms with Crippen molar-refractivity contribution in [1.29, 1.82) is 0 Å². The van der Waals surface area contributed by atoms with Gasteiger partial charge < -0.3 is 20.5 Å². The minimum Gasteiger partial charge on any atom is -0.434 e. The summed E-state index contributed by atoms with van der Waals surface area (Å²) in [5.74, 6) is 0.101. The molecular formula is C15H18F2N2O3. The fraction of sp³-hybridized carbons (Fsp3) is 0.400. The quantitative estimate of drug-likeness (QED) is 0.704. The third kappa shape index (κ3) is 4.70. The molecule has 0 bridgehead atoms. The van der Waals surface area contributed by atoms with Crippen LogP contribution in [0.25, 0.3) is 0 Å². The molecule has 5 nitrogen and oxygen atoms in total. The average Bonchev–Trinajstić information content (AvgIpc) is 2.93. The molecule has 0 radical (unpaired) electrons. The number of hydrogen-bond acceptors (Lipinski definition) is 3. The highest BCUT2D eigenvalue weighted by atomic mass is 19.3. The van der Waals surface area contributed by atoms with Crippen molar-refractivity contribution in [3.05, 3.63) is 42.0 Å². The molecule has 2 amide bonds. The second-order valence-corrected chi connectivity index (χ2v) is 4.98. The van der Waals surface area contributed by atoms with E-state index in [0.717, 1.165) is 0 Å². The fourth-order valence-electron chi connectivity index (χ4n) is 2.27. The minimum atomic E-state index is -2.91. The SMILES string of the molecule is O=C(NCc1ccccc1OC(F)F)N[C@@H]1C=C[C@H](CO)C1. The van der Waals surface area contributed by atoms with Crippen LogP contribution in [0.4, 0.5) is 13.6 Å². The normalized spacial score (nSPS) is 20.2. The van der Waals surface area contributed by atoms with Crippen LogP contribution in [0, 0.1) is 5.92 Å². The first-order valence-electron chi connectivity index (χ1n) is 6.94. The third-order valence-corrected chi connectivity index (χ3v) is 3.35. The van der Waals surface area contributed by atoms with Gasteiger partial charge in [0.05, 0.1) is 0 Å². The van der Waals surface area contributed by atoms with E-state index in [1.165, 1.54) is 6.07 Å². The zero-order valence-electron chi connectivity index (χ0n) is 11.8. The van der Waals surface area contributed by atoms with Crippen molar-refractivity contribution in [3.8, 4) is 5.75 Å². The lowest BCUT2D eigenvalue weighted by Crippen LogP contribution is -2.40. The molecule has 1 aliphatic carbocycles. The summed E-state index contributed by atoms with van der Waals surface area (Å²) in [7, 11) is 0. The van der Waals surface area contributed by atoms with Gasteiger partial charge in [-0.05, 0) is 12.5 Å². The number of benzene rings is 1. The van der Waals surface area contributed by atoms with Gasteiger partial charge in [-0.2, -0.15) is 8.78 Å². The van der Waals surface area contributed by atoms with Crippen LogP contribution in [0.15, 0.2) is 36.4 Å². The second-order valence-electron chi connectivity index (χ2n) is 4.98. The van der Waals surface area contributed by atoms with E-state index in [-0.39, 0.29) is 30.9 Å². The topological polar surface area (TPSA) is 70.6 Å². The van der Waals surface area contributed by atoms with Crippen LogP contribution >= 0.6 is 0 Å². The summed E-state index contributed by atoms with van der Waals surface area (Å²) >= 11 is 0. The number of halogens is 2. The van der Waals surface area contributed by atoms with E-state index in [2.05, 4.69) is 15.4 Å². The van der Waals surface area contributed by atoms with Gasteiger partial charge in [-0.1, -0.05) is 30.4 Å². The molecule has 0 spiro atoms. The van der Waals surface area contributed by atoms with Crippen molar-refractivity contribution in [2.24, 2.45) is 5.92 Å². The fourth-order valence-corrected chi connectivity index (χ4v) is 2.27. The van der Waals surface area contributed by atoms with Crippen molar-refractivity contribution >= 4 is 6.03 Å². The maximum atomic E-state index is 12.3. The Morgan fingerprint density at radius 2 is 2.14 bits per heavy atom. The summed E-state index contributed by atoms with van der Waals surface area (Å²) < 4.78 is 29.0. The Hall–Kier alpha value is -2.15. The first-order valence-corrected chi connectivity index (χ1v) is 6.94. The lowest BCUT2D eigenvalue weighted by Gasteiger charge is -2.15. The summed E-state index contributed by atoms with van der Waals surface area (Å²) in [5.41, 5.74) is 0.466. The number of carbonyl (C=O) groups excluding carboxylic acids is 1. The zero-order valence-corrected chi connectivity index (χ0v) is 11.8. The van der Waals surface area contributed by atoms with Crippen LogP contribution in [-0.2, 0) is 6.54 Å². The predicted octanol–water partition coefficient (Wildman–Crippen LogP) is 2.02. The molecule has 0 aliphatic heterocycles. The summed E-state index contributed by atoms with van der Waals surface area (Å²) in [4.78, 5) is 11.8. The monoisotopic (exact) mass is 312 g/mol. The van der Waals surface area contributed by atoms with Gasteiger partial charge in [-0.25, -0.2) is 4.79 Å². The Labute approximate surface area is 127 Å². The predicted molar refractivity (Wildman–Crippen MR) is 76.6 cm³/mol. The van der Waals surface area contributed by atoms with E-state index >= 15 is 0 Å². The van der Waals surface area contributed by atoms with Gasteiger partial charge in [0.2, 0.25) is 0 Å². The van der Waals surface area contributed by atoms with Gasteiger partial charge in [0.15, 0.2) is 0 Å². The molecule has 2 rings (SSSR count). The molecule has 0 fully saturated rings. The number of rotatable bonds is 6. The van der Waals surface area contributed by atoms with Crippen LogP contribution in [0.1, 0.15) is 12.0 Å². The molecule has 0 saturated carbocycles. The number of amides is 2.